The Bertz CT molecular complexity index is 1220. The van der Waals surface area contributed by atoms with E-state index in [-0.39, 0.29) is 35.4 Å². The number of hydrogen-bond donors (Lipinski definition) is 0. The fraction of sp³-hybridized carbons (Fsp3) is 0.217. The summed E-state index contributed by atoms with van der Waals surface area (Å²) in [5.41, 5.74) is 2.39. The summed E-state index contributed by atoms with van der Waals surface area (Å²) in [5, 5.41) is -0.252. The molecule has 0 bridgehead atoms. The van der Waals surface area contributed by atoms with Gasteiger partial charge in [-0.05, 0) is 53.6 Å². The molecule has 0 unspecified atom stereocenters. The standard InChI is InChI=1S/C23H20ClF2NO4S/c24-21-12-20(6-7-22(21)26)32(28,29)27-9-10-31-23-8-3-17(11-18(23)13-27)15-30-14-16-1-4-19(25)5-2-16/h1-8,11-12H,9-10,13-15H2. The van der Waals surface area contributed by atoms with Crippen LogP contribution < -0.4 is 4.74 Å². The van der Waals surface area contributed by atoms with Gasteiger partial charge in [0, 0.05) is 18.7 Å². The van der Waals surface area contributed by atoms with Gasteiger partial charge in [0.25, 0.3) is 0 Å². The van der Waals surface area contributed by atoms with Gasteiger partial charge in [0.1, 0.15) is 24.0 Å². The van der Waals surface area contributed by atoms with E-state index in [1.807, 2.05) is 12.1 Å². The van der Waals surface area contributed by atoms with Crippen molar-refractivity contribution in [2.45, 2.75) is 24.7 Å². The van der Waals surface area contributed by atoms with Crippen LogP contribution >= 0.6 is 11.6 Å². The molecule has 0 fully saturated rings. The van der Waals surface area contributed by atoms with Crippen molar-refractivity contribution in [3.05, 3.63) is 94.0 Å². The molecule has 4 rings (SSSR count). The molecule has 168 valence electrons. The second-order valence-electron chi connectivity index (χ2n) is 7.32. The van der Waals surface area contributed by atoms with Crippen LogP contribution in [0.4, 0.5) is 8.78 Å². The van der Waals surface area contributed by atoms with Gasteiger partial charge in [0.15, 0.2) is 0 Å². The topological polar surface area (TPSA) is 55.8 Å². The van der Waals surface area contributed by atoms with Crippen molar-refractivity contribution >= 4 is 21.6 Å². The normalized spacial score (nSPS) is 14.5. The Morgan fingerprint density at radius 2 is 1.69 bits per heavy atom. The van der Waals surface area contributed by atoms with Gasteiger partial charge >= 0.3 is 0 Å². The number of ether oxygens (including phenoxy) is 2. The highest BCUT2D eigenvalue weighted by Gasteiger charge is 2.28. The van der Waals surface area contributed by atoms with E-state index in [0.717, 1.165) is 23.3 Å². The van der Waals surface area contributed by atoms with Crippen LogP contribution in [0.15, 0.2) is 65.6 Å². The Morgan fingerprint density at radius 3 is 2.44 bits per heavy atom. The van der Waals surface area contributed by atoms with Crippen molar-refractivity contribution in [2.75, 3.05) is 13.2 Å². The maximum Gasteiger partial charge on any atom is 0.243 e. The van der Waals surface area contributed by atoms with Crippen LogP contribution in [0, 0.1) is 11.6 Å². The average Bonchev–Trinajstić information content (AvgIpc) is 2.99. The molecule has 3 aromatic rings. The molecule has 0 radical (unpaired) electrons. The minimum atomic E-state index is -3.90. The average molecular weight is 480 g/mol. The molecule has 5 nitrogen and oxygen atoms in total. The number of nitrogens with zero attached hydrogens (tertiary/aromatic N) is 1. The highest BCUT2D eigenvalue weighted by molar-refractivity contribution is 7.89. The van der Waals surface area contributed by atoms with Crippen molar-refractivity contribution in [3.63, 3.8) is 0 Å². The molecule has 1 aliphatic rings. The Morgan fingerprint density at radius 1 is 0.969 bits per heavy atom. The summed E-state index contributed by atoms with van der Waals surface area (Å²) in [6, 6.07) is 14.9. The first-order chi connectivity index (χ1) is 15.3. The van der Waals surface area contributed by atoms with Crippen LogP contribution in [0.25, 0.3) is 0 Å². The molecule has 1 aliphatic heterocycles. The van der Waals surface area contributed by atoms with E-state index in [2.05, 4.69) is 0 Å². The quantitative estimate of drug-likeness (QED) is 0.503. The minimum Gasteiger partial charge on any atom is -0.492 e. The number of hydrogen-bond acceptors (Lipinski definition) is 4. The van der Waals surface area contributed by atoms with Crippen molar-refractivity contribution in [1.82, 2.24) is 4.31 Å². The summed E-state index contributed by atoms with van der Waals surface area (Å²) in [7, 11) is -3.90. The third kappa shape index (κ3) is 5.10. The highest BCUT2D eigenvalue weighted by atomic mass is 35.5. The van der Waals surface area contributed by atoms with Crippen molar-refractivity contribution < 1.29 is 26.7 Å². The zero-order chi connectivity index (χ0) is 22.7. The lowest BCUT2D eigenvalue weighted by atomic mass is 10.1. The molecular formula is C23H20ClF2NO4S. The van der Waals surface area contributed by atoms with E-state index < -0.39 is 15.8 Å². The van der Waals surface area contributed by atoms with Gasteiger partial charge in [-0.1, -0.05) is 29.8 Å². The number of halogens is 3. The second kappa shape index (κ2) is 9.54. The fourth-order valence-corrected chi connectivity index (χ4v) is 5.05. The fourth-order valence-electron chi connectivity index (χ4n) is 3.37. The van der Waals surface area contributed by atoms with E-state index in [1.165, 1.54) is 22.5 Å². The zero-order valence-corrected chi connectivity index (χ0v) is 18.5. The van der Waals surface area contributed by atoms with E-state index >= 15 is 0 Å². The number of fused-ring (bicyclic) bond motifs is 1. The summed E-state index contributed by atoms with van der Waals surface area (Å²) in [6.07, 6.45) is 0. The molecular weight excluding hydrogens is 460 g/mol. The lowest BCUT2D eigenvalue weighted by molar-refractivity contribution is 0.107. The Hall–Kier alpha value is -2.52. The van der Waals surface area contributed by atoms with Crippen LogP contribution in [0.3, 0.4) is 0 Å². The Kier molecular flexibility index (Phi) is 6.76. The van der Waals surface area contributed by atoms with Crippen molar-refractivity contribution in [2.24, 2.45) is 0 Å². The van der Waals surface area contributed by atoms with Gasteiger partial charge in [0.2, 0.25) is 10.0 Å². The predicted molar refractivity (Wildman–Crippen MR) is 116 cm³/mol. The highest BCUT2D eigenvalue weighted by Crippen LogP contribution is 2.29. The molecule has 0 atom stereocenters. The molecule has 0 saturated heterocycles. The number of rotatable bonds is 6. The Labute approximate surface area is 190 Å². The molecule has 0 spiro atoms. The van der Waals surface area contributed by atoms with E-state index in [0.29, 0.717) is 24.5 Å². The molecule has 9 heteroatoms. The monoisotopic (exact) mass is 479 g/mol. The van der Waals surface area contributed by atoms with Gasteiger partial charge in [-0.3, -0.25) is 0 Å². The van der Waals surface area contributed by atoms with Gasteiger partial charge in [-0.25, -0.2) is 17.2 Å². The van der Waals surface area contributed by atoms with Gasteiger partial charge < -0.3 is 9.47 Å². The first-order valence-corrected chi connectivity index (χ1v) is 11.7. The molecule has 0 aliphatic carbocycles. The minimum absolute atomic E-state index is 0.0777. The molecule has 0 N–H and O–H groups in total. The van der Waals surface area contributed by atoms with Gasteiger partial charge in [0.05, 0.1) is 23.1 Å². The second-order valence-corrected chi connectivity index (χ2v) is 9.67. The SMILES string of the molecule is O=S(=O)(c1ccc(F)c(Cl)c1)N1CCOc2ccc(COCc3ccc(F)cc3)cc2C1. The predicted octanol–water partition coefficient (Wildman–Crippen LogP) is 4.92. The molecule has 0 amide bonds. The van der Waals surface area contributed by atoms with Gasteiger partial charge in [-0.15, -0.1) is 0 Å². The van der Waals surface area contributed by atoms with Gasteiger partial charge in [-0.2, -0.15) is 4.31 Å². The molecule has 0 saturated carbocycles. The number of sulfonamides is 1. The molecule has 3 aromatic carbocycles. The van der Waals surface area contributed by atoms with Crippen molar-refractivity contribution in [1.29, 1.82) is 0 Å². The first kappa shape index (κ1) is 22.7. The molecule has 0 aromatic heterocycles. The van der Waals surface area contributed by atoms with Crippen LogP contribution in [0.1, 0.15) is 16.7 Å². The smallest absolute Gasteiger partial charge is 0.243 e. The summed E-state index contributed by atoms with van der Waals surface area (Å²) in [5.74, 6) is -0.385. The molecule has 1 heterocycles. The van der Waals surface area contributed by atoms with E-state index in [1.54, 1.807) is 18.2 Å². The lowest BCUT2D eigenvalue weighted by Crippen LogP contribution is -2.32. The third-order valence-electron chi connectivity index (χ3n) is 5.05. The summed E-state index contributed by atoms with van der Waals surface area (Å²) in [6.45, 7) is 1.03. The van der Waals surface area contributed by atoms with E-state index in [9.17, 15) is 17.2 Å². The Balaban J connectivity index is 1.49. The van der Waals surface area contributed by atoms with Crippen LogP contribution in [-0.4, -0.2) is 25.9 Å². The van der Waals surface area contributed by atoms with Crippen LogP contribution in [0.2, 0.25) is 5.02 Å². The third-order valence-corrected chi connectivity index (χ3v) is 7.18. The summed E-state index contributed by atoms with van der Waals surface area (Å²) < 4.78 is 65.4. The maximum atomic E-state index is 13.5. The largest absolute Gasteiger partial charge is 0.492 e. The summed E-state index contributed by atoms with van der Waals surface area (Å²) in [4.78, 5) is -0.0777. The van der Waals surface area contributed by atoms with E-state index in [4.69, 9.17) is 21.1 Å². The van der Waals surface area contributed by atoms with Crippen molar-refractivity contribution in [3.8, 4) is 5.75 Å². The van der Waals surface area contributed by atoms with Crippen LogP contribution in [-0.2, 0) is 34.5 Å². The summed E-state index contributed by atoms with van der Waals surface area (Å²) >= 11 is 5.78. The lowest BCUT2D eigenvalue weighted by Gasteiger charge is -2.20. The maximum absolute atomic E-state index is 13.5. The number of benzene rings is 3. The molecule has 32 heavy (non-hydrogen) atoms. The first-order valence-electron chi connectivity index (χ1n) is 9.85. The van der Waals surface area contributed by atoms with Crippen LogP contribution in [0.5, 0.6) is 5.75 Å². The zero-order valence-electron chi connectivity index (χ0n) is 16.9.